The zero-order chi connectivity index (χ0) is 13.0. The van der Waals surface area contributed by atoms with Crippen molar-refractivity contribution in [2.45, 2.75) is 45.2 Å². The molecular formula is C14H23N3O. The highest BCUT2D eigenvalue weighted by molar-refractivity contribution is 5.33. The van der Waals surface area contributed by atoms with Crippen LogP contribution in [-0.4, -0.2) is 28.6 Å². The average molecular weight is 249 g/mol. The molecule has 0 aliphatic carbocycles. The Morgan fingerprint density at radius 3 is 2.94 bits per heavy atom. The van der Waals surface area contributed by atoms with Gasteiger partial charge < -0.3 is 10.3 Å². The first-order valence-electron chi connectivity index (χ1n) is 6.87. The zero-order valence-corrected chi connectivity index (χ0v) is 11.1. The van der Waals surface area contributed by atoms with Crippen molar-refractivity contribution in [3.8, 4) is 0 Å². The number of pyridine rings is 1. The number of nitrogen functional groups attached to an aromatic ring is 1. The van der Waals surface area contributed by atoms with E-state index in [9.17, 15) is 4.79 Å². The van der Waals surface area contributed by atoms with Crippen molar-refractivity contribution in [2.24, 2.45) is 0 Å². The lowest BCUT2D eigenvalue weighted by Crippen LogP contribution is -2.36. The molecule has 1 aliphatic heterocycles. The van der Waals surface area contributed by atoms with Crippen LogP contribution < -0.4 is 11.3 Å². The number of anilines is 1. The average Bonchev–Trinajstić information content (AvgIpc) is 2.55. The monoisotopic (exact) mass is 249 g/mol. The smallest absolute Gasteiger partial charge is 0.250 e. The Labute approximate surface area is 108 Å². The summed E-state index contributed by atoms with van der Waals surface area (Å²) < 4.78 is 1.72. The maximum absolute atomic E-state index is 11.7. The predicted molar refractivity (Wildman–Crippen MR) is 74.6 cm³/mol. The second kappa shape index (κ2) is 6.05. The molecule has 2 N–H and O–H groups in total. The first-order valence-corrected chi connectivity index (χ1v) is 6.87. The Morgan fingerprint density at radius 2 is 2.11 bits per heavy atom. The van der Waals surface area contributed by atoms with Gasteiger partial charge in [0.15, 0.2) is 0 Å². The summed E-state index contributed by atoms with van der Waals surface area (Å²) in [5, 5.41) is 0. The van der Waals surface area contributed by atoms with E-state index in [0.717, 1.165) is 19.6 Å². The summed E-state index contributed by atoms with van der Waals surface area (Å²) in [6.07, 6.45) is 6.95. The van der Waals surface area contributed by atoms with Crippen molar-refractivity contribution in [2.75, 3.05) is 18.8 Å². The number of nitrogens with two attached hydrogens (primary N) is 1. The van der Waals surface area contributed by atoms with Crippen LogP contribution in [-0.2, 0) is 6.54 Å². The third kappa shape index (κ3) is 3.35. The Morgan fingerprint density at radius 1 is 1.28 bits per heavy atom. The Hall–Kier alpha value is -1.29. The van der Waals surface area contributed by atoms with E-state index in [2.05, 4.69) is 11.8 Å². The highest BCUT2D eigenvalue weighted by Gasteiger charge is 2.16. The number of likely N-dealkylation sites (tertiary alicyclic amines) is 1. The van der Waals surface area contributed by atoms with Crippen molar-refractivity contribution in [3.05, 3.63) is 28.7 Å². The van der Waals surface area contributed by atoms with Crippen LogP contribution >= 0.6 is 0 Å². The number of rotatable bonds is 3. The van der Waals surface area contributed by atoms with Crippen LogP contribution in [0.3, 0.4) is 0 Å². The van der Waals surface area contributed by atoms with Gasteiger partial charge in [-0.25, -0.2) is 0 Å². The van der Waals surface area contributed by atoms with Gasteiger partial charge in [0.1, 0.15) is 0 Å². The summed E-state index contributed by atoms with van der Waals surface area (Å²) in [5.74, 6) is 0. The Balaban J connectivity index is 1.97. The van der Waals surface area contributed by atoms with Crippen molar-refractivity contribution < 1.29 is 0 Å². The molecule has 4 heteroatoms. The summed E-state index contributed by atoms with van der Waals surface area (Å²) in [4.78, 5) is 14.2. The lowest BCUT2D eigenvalue weighted by Gasteiger charge is -2.27. The van der Waals surface area contributed by atoms with Crippen molar-refractivity contribution in [1.29, 1.82) is 0 Å². The first kappa shape index (κ1) is 13.1. The molecule has 1 saturated heterocycles. The molecule has 1 aromatic heterocycles. The Bertz CT molecular complexity index is 441. The van der Waals surface area contributed by atoms with E-state index >= 15 is 0 Å². The minimum atomic E-state index is 0.0340. The summed E-state index contributed by atoms with van der Waals surface area (Å²) in [6, 6.07) is 3.83. The molecule has 2 heterocycles. The number of hydrogen-bond donors (Lipinski definition) is 1. The molecule has 1 atom stereocenters. The van der Waals surface area contributed by atoms with Gasteiger partial charge in [-0.1, -0.05) is 12.8 Å². The highest BCUT2D eigenvalue weighted by Crippen LogP contribution is 2.15. The molecule has 18 heavy (non-hydrogen) atoms. The lowest BCUT2D eigenvalue weighted by atomic mass is 10.1. The summed E-state index contributed by atoms with van der Waals surface area (Å²) in [5.41, 5.74) is 6.40. The lowest BCUT2D eigenvalue weighted by molar-refractivity contribution is 0.205. The summed E-state index contributed by atoms with van der Waals surface area (Å²) in [7, 11) is 0. The van der Waals surface area contributed by atoms with Gasteiger partial charge in [-0.3, -0.25) is 9.69 Å². The van der Waals surface area contributed by atoms with Crippen LogP contribution in [0, 0.1) is 0 Å². The molecule has 100 valence electrons. The van der Waals surface area contributed by atoms with Gasteiger partial charge in [0.05, 0.1) is 0 Å². The van der Waals surface area contributed by atoms with Gasteiger partial charge in [-0.05, 0) is 32.4 Å². The fourth-order valence-corrected chi connectivity index (χ4v) is 2.63. The second-order valence-electron chi connectivity index (χ2n) is 5.23. The molecule has 1 aliphatic rings. The summed E-state index contributed by atoms with van der Waals surface area (Å²) in [6.45, 7) is 5.10. The SMILES string of the molecule is CC1CCCCCN1CCn1cc(N)ccc1=O. The van der Waals surface area contributed by atoms with Crippen molar-refractivity contribution in [3.63, 3.8) is 0 Å². The van der Waals surface area contributed by atoms with Crippen LogP contribution in [0.1, 0.15) is 32.6 Å². The summed E-state index contributed by atoms with van der Waals surface area (Å²) >= 11 is 0. The number of nitrogens with zero attached hydrogens (tertiary/aromatic N) is 2. The van der Waals surface area contributed by atoms with Gasteiger partial charge in [-0.2, -0.15) is 0 Å². The van der Waals surface area contributed by atoms with Crippen LogP contribution in [0.15, 0.2) is 23.1 Å². The molecule has 0 amide bonds. The van der Waals surface area contributed by atoms with Gasteiger partial charge >= 0.3 is 0 Å². The fourth-order valence-electron chi connectivity index (χ4n) is 2.63. The van der Waals surface area contributed by atoms with E-state index in [0.29, 0.717) is 11.7 Å². The topological polar surface area (TPSA) is 51.3 Å². The van der Waals surface area contributed by atoms with E-state index in [-0.39, 0.29) is 5.56 Å². The first-order chi connectivity index (χ1) is 8.66. The van der Waals surface area contributed by atoms with Crippen LogP contribution in [0.5, 0.6) is 0 Å². The molecular weight excluding hydrogens is 226 g/mol. The minimum absolute atomic E-state index is 0.0340. The van der Waals surface area contributed by atoms with E-state index in [4.69, 9.17) is 5.73 Å². The van der Waals surface area contributed by atoms with Gasteiger partial charge in [0.2, 0.25) is 0 Å². The van der Waals surface area contributed by atoms with Crippen LogP contribution in [0.2, 0.25) is 0 Å². The van der Waals surface area contributed by atoms with Gasteiger partial charge in [0.25, 0.3) is 5.56 Å². The number of hydrogen-bond acceptors (Lipinski definition) is 3. The zero-order valence-electron chi connectivity index (χ0n) is 11.1. The maximum atomic E-state index is 11.7. The molecule has 2 rings (SSSR count). The molecule has 0 spiro atoms. The third-order valence-electron chi connectivity index (χ3n) is 3.83. The maximum Gasteiger partial charge on any atom is 0.250 e. The largest absolute Gasteiger partial charge is 0.398 e. The quantitative estimate of drug-likeness (QED) is 0.887. The second-order valence-corrected chi connectivity index (χ2v) is 5.23. The third-order valence-corrected chi connectivity index (χ3v) is 3.83. The van der Waals surface area contributed by atoms with E-state index in [1.807, 2.05) is 0 Å². The van der Waals surface area contributed by atoms with Crippen LogP contribution in [0.25, 0.3) is 0 Å². The van der Waals surface area contributed by atoms with Crippen molar-refractivity contribution in [1.82, 2.24) is 9.47 Å². The predicted octanol–water partition coefficient (Wildman–Crippen LogP) is 1.70. The Kier molecular flexibility index (Phi) is 4.42. The molecule has 0 bridgehead atoms. The molecule has 0 aromatic carbocycles. The molecule has 1 unspecified atom stereocenters. The molecule has 1 aromatic rings. The fraction of sp³-hybridized carbons (Fsp3) is 0.643. The van der Waals surface area contributed by atoms with Gasteiger partial charge in [0, 0.05) is 37.1 Å². The van der Waals surface area contributed by atoms with Gasteiger partial charge in [-0.15, -0.1) is 0 Å². The standard InChI is InChI=1S/C14H23N3O/c1-12-5-3-2-4-8-16(12)9-10-17-11-13(15)6-7-14(17)18/h6-7,11-12H,2-5,8-10,15H2,1H3. The molecule has 4 nitrogen and oxygen atoms in total. The highest BCUT2D eigenvalue weighted by atomic mass is 16.1. The molecule has 1 fully saturated rings. The minimum Gasteiger partial charge on any atom is -0.398 e. The van der Waals surface area contributed by atoms with Crippen molar-refractivity contribution >= 4 is 5.69 Å². The van der Waals surface area contributed by atoms with E-state index < -0.39 is 0 Å². The normalized spacial score (nSPS) is 21.7. The molecule has 0 saturated carbocycles. The number of aromatic nitrogens is 1. The van der Waals surface area contributed by atoms with E-state index in [1.165, 1.54) is 25.7 Å². The van der Waals surface area contributed by atoms with E-state index in [1.54, 1.807) is 22.9 Å². The molecule has 0 radical (unpaired) electrons. The van der Waals surface area contributed by atoms with Crippen LogP contribution in [0.4, 0.5) is 5.69 Å².